The minimum Gasteiger partial charge on any atom is -0.478 e. The fraction of sp³-hybridized carbons (Fsp3) is 0.0714. The van der Waals surface area contributed by atoms with Gasteiger partial charge in [0.15, 0.2) is 0 Å². The van der Waals surface area contributed by atoms with Crippen LogP contribution in [0.15, 0.2) is 49.8 Å². The zero-order valence-corrected chi connectivity index (χ0v) is 14.9. The first-order valence-corrected chi connectivity index (χ1v) is 8.06. The number of benzene rings is 2. The lowest BCUT2D eigenvalue weighted by molar-refractivity contribution is 0.0696. The molecule has 0 fully saturated rings. The lowest BCUT2D eigenvalue weighted by Crippen LogP contribution is -2.07. The Hall–Kier alpha value is -0.850. The van der Waals surface area contributed by atoms with E-state index >= 15 is 0 Å². The van der Waals surface area contributed by atoms with Crippen LogP contribution in [0.2, 0.25) is 0 Å². The van der Waals surface area contributed by atoms with E-state index in [0.29, 0.717) is 12.1 Å². The van der Waals surface area contributed by atoms with Gasteiger partial charge in [0.05, 0.1) is 11.3 Å². The molecule has 0 radical (unpaired) electrons. The van der Waals surface area contributed by atoms with Crippen LogP contribution in [0.4, 0.5) is 5.69 Å². The minimum absolute atomic E-state index is 0.310. The van der Waals surface area contributed by atoms with Crippen molar-refractivity contribution < 1.29 is 9.90 Å². The number of halogens is 3. The molecule has 20 heavy (non-hydrogen) atoms. The lowest BCUT2D eigenvalue weighted by Gasteiger charge is -2.13. The molecule has 0 heterocycles. The van der Waals surface area contributed by atoms with Gasteiger partial charge in [-0.15, -0.1) is 0 Å². The molecule has 2 rings (SSSR count). The first kappa shape index (κ1) is 15.5. The topological polar surface area (TPSA) is 49.3 Å². The molecule has 0 bridgehead atoms. The third-order valence-electron chi connectivity index (χ3n) is 2.71. The van der Waals surface area contributed by atoms with Crippen molar-refractivity contribution in [2.24, 2.45) is 0 Å². The van der Waals surface area contributed by atoms with E-state index in [1.165, 1.54) is 0 Å². The molecule has 104 valence electrons. The first-order chi connectivity index (χ1) is 9.49. The molecule has 0 unspecified atom stereocenters. The van der Waals surface area contributed by atoms with E-state index in [4.69, 9.17) is 5.11 Å². The van der Waals surface area contributed by atoms with Crippen molar-refractivity contribution in [2.45, 2.75) is 6.54 Å². The van der Waals surface area contributed by atoms with Crippen LogP contribution in [0.5, 0.6) is 0 Å². The highest BCUT2D eigenvalue weighted by atomic mass is 79.9. The standard InChI is InChI=1S/C14H10Br3NO2/c15-9-5-11(16)13(12(17)6-9)18-7-8-3-1-2-4-10(8)14(19)20/h1-6,18H,7H2,(H,19,20). The van der Waals surface area contributed by atoms with Gasteiger partial charge in [0.2, 0.25) is 0 Å². The number of rotatable bonds is 4. The number of nitrogens with one attached hydrogen (secondary N) is 1. The normalized spacial score (nSPS) is 10.3. The van der Waals surface area contributed by atoms with Crippen molar-refractivity contribution in [3.8, 4) is 0 Å². The molecular weight excluding hydrogens is 454 g/mol. The molecule has 0 aliphatic carbocycles. The van der Waals surface area contributed by atoms with Crippen molar-refractivity contribution in [3.63, 3.8) is 0 Å². The van der Waals surface area contributed by atoms with Crippen LogP contribution in [-0.4, -0.2) is 11.1 Å². The van der Waals surface area contributed by atoms with Gasteiger partial charge in [-0.1, -0.05) is 34.1 Å². The third kappa shape index (κ3) is 3.62. The van der Waals surface area contributed by atoms with Gasteiger partial charge in [-0.05, 0) is 55.6 Å². The van der Waals surface area contributed by atoms with E-state index < -0.39 is 5.97 Å². The van der Waals surface area contributed by atoms with Crippen molar-refractivity contribution in [3.05, 3.63) is 60.9 Å². The van der Waals surface area contributed by atoms with Gasteiger partial charge >= 0.3 is 5.97 Å². The average molecular weight is 464 g/mol. The highest BCUT2D eigenvalue weighted by Gasteiger charge is 2.11. The second-order valence-electron chi connectivity index (χ2n) is 4.06. The molecular formula is C14H10Br3NO2. The molecule has 3 nitrogen and oxygen atoms in total. The second-order valence-corrected chi connectivity index (χ2v) is 6.68. The minimum atomic E-state index is -0.920. The summed E-state index contributed by atoms with van der Waals surface area (Å²) in [5.74, 6) is -0.920. The molecule has 0 amide bonds. The summed E-state index contributed by atoms with van der Waals surface area (Å²) in [5.41, 5.74) is 1.93. The number of hydrogen-bond acceptors (Lipinski definition) is 2. The number of anilines is 1. The predicted octanol–water partition coefficient (Wildman–Crippen LogP) is 5.28. The molecule has 0 aromatic heterocycles. The average Bonchev–Trinajstić information content (AvgIpc) is 2.37. The van der Waals surface area contributed by atoms with Crippen molar-refractivity contribution in [1.82, 2.24) is 0 Å². The van der Waals surface area contributed by atoms with Crippen LogP contribution in [-0.2, 0) is 6.54 Å². The fourth-order valence-electron chi connectivity index (χ4n) is 1.78. The smallest absolute Gasteiger partial charge is 0.336 e. The Kier molecular flexibility index (Phi) is 5.23. The molecule has 0 aliphatic rings. The number of carboxylic acid groups (broad SMARTS) is 1. The summed E-state index contributed by atoms with van der Waals surface area (Å²) >= 11 is 10.4. The maximum absolute atomic E-state index is 11.2. The highest BCUT2D eigenvalue weighted by Crippen LogP contribution is 2.34. The van der Waals surface area contributed by atoms with Crippen LogP contribution in [0.3, 0.4) is 0 Å². The summed E-state index contributed by atoms with van der Waals surface area (Å²) in [5, 5.41) is 12.4. The Morgan fingerprint density at radius 3 is 2.30 bits per heavy atom. The number of carbonyl (C=O) groups is 1. The van der Waals surface area contributed by atoms with Gasteiger partial charge in [0.25, 0.3) is 0 Å². The van der Waals surface area contributed by atoms with E-state index in [-0.39, 0.29) is 0 Å². The Bertz CT molecular complexity index is 636. The summed E-state index contributed by atoms with van der Waals surface area (Å²) in [7, 11) is 0. The number of hydrogen-bond donors (Lipinski definition) is 2. The Morgan fingerprint density at radius 1 is 1.10 bits per heavy atom. The zero-order chi connectivity index (χ0) is 14.7. The van der Waals surface area contributed by atoms with E-state index in [9.17, 15) is 4.79 Å². The largest absolute Gasteiger partial charge is 0.478 e. The van der Waals surface area contributed by atoms with Gasteiger partial charge in [0.1, 0.15) is 0 Å². The number of carboxylic acids is 1. The monoisotopic (exact) mass is 461 g/mol. The molecule has 2 aromatic carbocycles. The van der Waals surface area contributed by atoms with Gasteiger partial charge < -0.3 is 10.4 Å². The van der Waals surface area contributed by atoms with Crippen molar-refractivity contribution >= 4 is 59.4 Å². The van der Waals surface area contributed by atoms with Crippen molar-refractivity contribution in [2.75, 3.05) is 5.32 Å². The first-order valence-electron chi connectivity index (χ1n) is 5.68. The molecule has 0 aliphatic heterocycles. The third-order valence-corrected chi connectivity index (χ3v) is 4.42. The van der Waals surface area contributed by atoms with Crippen LogP contribution >= 0.6 is 47.8 Å². The van der Waals surface area contributed by atoms with E-state index in [1.54, 1.807) is 18.2 Å². The molecule has 0 spiro atoms. The highest BCUT2D eigenvalue weighted by molar-refractivity contribution is 9.11. The zero-order valence-electron chi connectivity index (χ0n) is 10.2. The van der Waals surface area contributed by atoms with E-state index in [2.05, 4.69) is 53.1 Å². The molecule has 0 saturated heterocycles. The Balaban J connectivity index is 2.24. The summed E-state index contributed by atoms with van der Waals surface area (Å²) in [6.45, 7) is 0.432. The van der Waals surface area contributed by atoms with Crippen LogP contribution in [0.25, 0.3) is 0 Å². The maximum Gasteiger partial charge on any atom is 0.336 e. The second kappa shape index (κ2) is 6.74. The summed E-state index contributed by atoms with van der Waals surface area (Å²) in [4.78, 5) is 11.2. The maximum atomic E-state index is 11.2. The Labute approximate surface area is 141 Å². The molecule has 2 aromatic rings. The lowest BCUT2D eigenvalue weighted by atomic mass is 10.1. The van der Waals surface area contributed by atoms with Crippen LogP contribution < -0.4 is 5.32 Å². The number of aromatic carboxylic acids is 1. The van der Waals surface area contributed by atoms with Crippen LogP contribution in [0, 0.1) is 0 Å². The summed E-state index contributed by atoms with van der Waals surface area (Å²) in [6.07, 6.45) is 0. The van der Waals surface area contributed by atoms with Gasteiger partial charge in [-0.2, -0.15) is 0 Å². The molecule has 0 saturated carbocycles. The molecule has 0 atom stereocenters. The molecule has 6 heteroatoms. The fourth-order valence-corrected chi connectivity index (χ4v) is 4.32. The quantitative estimate of drug-likeness (QED) is 0.648. The summed E-state index contributed by atoms with van der Waals surface area (Å²) < 4.78 is 2.74. The van der Waals surface area contributed by atoms with E-state index in [1.807, 2.05) is 18.2 Å². The Morgan fingerprint density at radius 2 is 1.70 bits per heavy atom. The molecule has 2 N–H and O–H groups in total. The van der Waals surface area contributed by atoms with Crippen molar-refractivity contribution in [1.29, 1.82) is 0 Å². The van der Waals surface area contributed by atoms with Crippen LogP contribution in [0.1, 0.15) is 15.9 Å². The van der Waals surface area contributed by atoms with E-state index in [0.717, 1.165) is 24.7 Å². The van der Waals surface area contributed by atoms with Gasteiger partial charge in [0, 0.05) is 20.0 Å². The SMILES string of the molecule is O=C(O)c1ccccc1CNc1c(Br)cc(Br)cc1Br. The predicted molar refractivity (Wildman–Crippen MR) is 90.3 cm³/mol. The summed E-state index contributed by atoms with van der Waals surface area (Å²) in [6, 6.07) is 10.8. The van der Waals surface area contributed by atoms with Gasteiger partial charge in [-0.3, -0.25) is 0 Å². The van der Waals surface area contributed by atoms with Gasteiger partial charge in [-0.25, -0.2) is 4.79 Å².